The Labute approximate surface area is 151 Å². The van der Waals surface area contributed by atoms with Crippen LogP contribution in [0.15, 0.2) is 91.1 Å². The maximum atomic E-state index is 14.0. The fraction of sp³-hybridized carbons (Fsp3) is 0. The average Bonchev–Trinajstić information content (AvgIpc) is 3.16. The lowest BCUT2D eigenvalue weighted by molar-refractivity contribution is 0.501. The van der Waals surface area contributed by atoms with Crippen molar-refractivity contribution < 1.29 is 9.09 Å². The van der Waals surface area contributed by atoms with Gasteiger partial charge in [0, 0.05) is 5.56 Å². The van der Waals surface area contributed by atoms with Crippen LogP contribution in [-0.2, 0) is 4.57 Å². The van der Waals surface area contributed by atoms with Crippen molar-refractivity contribution in [3.05, 3.63) is 91.1 Å². The summed E-state index contributed by atoms with van der Waals surface area (Å²) in [5.41, 5.74) is 2.64. The second-order valence-corrected chi connectivity index (χ2v) is 8.38. The van der Waals surface area contributed by atoms with Crippen molar-refractivity contribution in [2.45, 2.75) is 0 Å². The maximum absolute atomic E-state index is 14.0. The summed E-state index contributed by atoms with van der Waals surface area (Å²) >= 11 is 0. The van der Waals surface area contributed by atoms with Gasteiger partial charge in [0.2, 0.25) is 0 Å². The van der Waals surface area contributed by atoms with E-state index in [0.717, 1.165) is 16.9 Å². The molecule has 0 N–H and O–H groups in total. The summed E-state index contributed by atoms with van der Waals surface area (Å²) in [6.45, 7) is 0. The fourth-order valence-corrected chi connectivity index (χ4v) is 5.50. The largest absolute Gasteiger partial charge is 0.436 e. The van der Waals surface area contributed by atoms with E-state index in [2.05, 4.69) is 5.10 Å². The molecule has 1 unspecified atom stereocenters. The molecule has 0 saturated carbocycles. The number of aromatic nitrogens is 2. The highest BCUT2D eigenvalue weighted by molar-refractivity contribution is 7.75. The Kier molecular flexibility index (Phi) is 3.34. The van der Waals surface area contributed by atoms with Gasteiger partial charge in [-0.15, -0.1) is 0 Å². The molecule has 1 atom stereocenters. The maximum Gasteiger partial charge on any atom is 0.310 e. The normalized spacial score (nSPS) is 17.8. The van der Waals surface area contributed by atoms with Crippen LogP contribution in [0, 0.1) is 0 Å². The van der Waals surface area contributed by atoms with Gasteiger partial charge in [-0.25, -0.2) is 4.68 Å². The number of nitrogens with zero attached hydrogens (tertiary/aromatic N) is 2. The molecule has 4 nitrogen and oxygen atoms in total. The van der Waals surface area contributed by atoms with E-state index in [4.69, 9.17) is 4.52 Å². The first kappa shape index (κ1) is 15.2. The van der Waals surface area contributed by atoms with Crippen molar-refractivity contribution in [1.29, 1.82) is 0 Å². The van der Waals surface area contributed by atoms with E-state index in [9.17, 15) is 4.57 Å². The van der Waals surface area contributed by atoms with Crippen LogP contribution >= 0.6 is 7.37 Å². The van der Waals surface area contributed by atoms with Gasteiger partial charge in [-0.1, -0.05) is 48.5 Å². The topological polar surface area (TPSA) is 44.1 Å². The molecule has 5 rings (SSSR count). The van der Waals surface area contributed by atoms with Crippen LogP contribution in [0.3, 0.4) is 0 Å². The second-order valence-electron chi connectivity index (χ2n) is 6.10. The lowest BCUT2D eigenvalue weighted by Crippen LogP contribution is -2.24. The lowest BCUT2D eigenvalue weighted by atomic mass is 10.1. The summed E-state index contributed by atoms with van der Waals surface area (Å²) < 4.78 is 21.9. The predicted octanol–water partition coefficient (Wildman–Crippen LogP) is 4.16. The molecule has 2 heterocycles. The minimum absolute atomic E-state index is 0.616. The fourth-order valence-electron chi connectivity index (χ4n) is 3.32. The highest BCUT2D eigenvalue weighted by atomic mass is 31.2. The third kappa shape index (κ3) is 2.16. The first-order valence-corrected chi connectivity index (χ1v) is 9.98. The summed E-state index contributed by atoms with van der Waals surface area (Å²) in [6, 6.07) is 26.9. The summed E-state index contributed by atoms with van der Waals surface area (Å²) in [7, 11) is -3.27. The average molecular weight is 358 g/mol. The Morgan fingerprint density at radius 2 is 1.46 bits per heavy atom. The van der Waals surface area contributed by atoms with Crippen molar-refractivity contribution in [3.8, 4) is 22.7 Å². The number of hydrogen-bond donors (Lipinski definition) is 0. The van der Waals surface area contributed by atoms with Crippen LogP contribution in [0.25, 0.3) is 16.9 Å². The molecule has 5 heteroatoms. The van der Waals surface area contributed by atoms with Gasteiger partial charge in [0.15, 0.2) is 0 Å². The zero-order valence-corrected chi connectivity index (χ0v) is 14.7. The van der Waals surface area contributed by atoms with Gasteiger partial charge in [-0.3, -0.25) is 4.57 Å². The molecule has 0 spiro atoms. The van der Waals surface area contributed by atoms with E-state index in [1.54, 1.807) is 6.20 Å². The molecule has 126 valence electrons. The van der Waals surface area contributed by atoms with Gasteiger partial charge in [0.25, 0.3) is 0 Å². The van der Waals surface area contributed by atoms with E-state index < -0.39 is 7.37 Å². The van der Waals surface area contributed by atoms with E-state index in [1.807, 2.05) is 89.6 Å². The highest BCUT2D eigenvalue weighted by Gasteiger charge is 2.40. The number of fused-ring (bicyclic) bond motifs is 3. The Morgan fingerprint density at radius 3 is 2.23 bits per heavy atom. The number of hydrogen-bond acceptors (Lipinski definition) is 3. The van der Waals surface area contributed by atoms with Crippen molar-refractivity contribution in [2.75, 3.05) is 0 Å². The van der Waals surface area contributed by atoms with Gasteiger partial charge in [-0.05, 0) is 36.4 Å². The van der Waals surface area contributed by atoms with Crippen LogP contribution < -0.4 is 15.1 Å². The van der Waals surface area contributed by atoms with Gasteiger partial charge in [0.05, 0.1) is 28.2 Å². The molecule has 4 aromatic rings. The van der Waals surface area contributed by atoms with E-state index in [0.29, 0.717) is 16.4 Å². The molecule has 0 bridgehead atoms. The molecule has 1 aliphatic heterocycles. The Balaban J connectivity index is 1.82. The van der Waals surface area contributed by atoms with E-state index >= 15 is 0 Å². The molecule has 26 heavy (non-hydrogen) atoms. The molecule has 0 amide bonds. The summed E-state index contributed by atoms with van der Waals surface area (Å²) in [5.74, 6) is 0.616. The summed E-state index contributed by atoms with van der Waals surface area (Å²) in [6.07, 6.45) is 1.67. The van der Waals surface area contributed by atoms with Crippen LogP contribution in [0.1, 0.15) is 0 Å². The smallest absolute Gasteiger partial charge is 0.310 e. The number of benzene rings is 3. The molecule has 0 fully saturated rings. The Hall–Kier alpha value is -3.10. The number of rotatable bonds is 2. The highest BCUT2D eigenvalue weighted by Crippen LogP contribution is 2.53. The molecule has 1 aromatic heterocycles. The van der Waals surface area contributed by atoms with Gasteiger partial charge in [-0.2, -0.15) is 5.10 Å². The molecular weight excluding hydrogens is 343 g/mol. The monoisotopic (exact) mass is 358 g/mol. The molecule has 3 aromatic carbocycles. The van der Waals surface area contributed by atoms with Gasteiger partial charge in [0.1, 0.15) is 5.75 Å². The summed E-state index contributed by atoms with van der Waals surface area (Å²) in [5, 5.41) is 5.85. The zero-order chi connectivity index (χ0) is 17.6. The van der Waals surface area contributed by atoms with E-state index in [1.165, 1.54) is 0 Å². The molecule has 0 saturated heterocycles. The summed E-state index contributed by atoms with van der Waals surface area (Å²) in [4.78, 5) is 0. The molecular formula is C21H15N2O2P. The van der Waals surface area contributed by atoms with Crippen LogP contribution in [0.2, 0.25) is 0 Å². The van der Waals surface area contributed by atoms with Crippen molar-refractivity contribution >= 4 is 18.0 Å². The Morgan fingerprint density at radius 1 is 0.808 bits per heavy atom. The van der Waals surface area contributed by atoms with Crippen molar-refractivity contribution in [2.24, 2.45) is 0 Å². The second kappa shape index (κ2) is 5.72. The van der Waals surface area contributed by atoms with Crippen LogP contribution in [0.5, 0.6) is 5.75 Å². The SMILES string of the molecule is O=P1(c2ccccc2)Oc2ccccc2-c2c1cnn2-c1ccccc1. The minimum atomic E-state index is -3.27. The van der Waals surface area contributed by atoms with Crippen LogP contribution in [0.4, 0.5) is 0 Å². The van der Waals surface area contributed by atoms with Gasteiger partial charge >= 0.3 is 7.37 Å². The third-order valence-electron chi connectivity index (χ3n) is 4.53. The quantitative estimate of drug-likeness (QED) is 0.506. The standard InChI is InChI=1S/C21H15N2O2P/c24-26(17-11-5-2-6-12-17)20-15-22-23(16-9-3-1-4-10-16)21(20)18-13-7-8-14-19(18)25-26/h1-15H. The van der Waals surface area contributed by atoms with E-state index in [-0.39, 0.29) is 0 Å². The third-order valence-corrected chi connectivity index (χ3v) is 6.93. The number of para-hydroxylation sites is 2. The predicted molar refractivity (Wildman–Crippen MR) is 103 cm³/mol. The Bertz CT molecular complexity index is 1140. The minimum Gasteiger partial charge on any atom is -0.436 e. The molecule has 0 radical (unpaired) electrons. The lowest BCUT2D eigenvalue weighted by Gasteiger charge is -2.27. The van der Waals surface area contributed by atoms with Crippen molar-refractivity contribution in [3.63, 3.8) is 0 Å². The zero-order valence-electron chi connectivity index (χ0n) is 13.8. The van der Waals surface area contributed by atoms with Crippen molar-refractivity contribution in [1.82, 2.24) is 9.78 Å². The first-order chi connectivity index (χ1) is 12.8. The van der Waals surface area contributed by atoms with Gasteiger partial charge < -0.3 is 4.52 Å². The first-order valence-electron chi connectivity index (χ1n) is 8.36. The molecule has 1 aliphatic rings. The molecule has 0 aliphatic carbocycles. The van der Waals surface area contributed by atoms with Crippen LogP contribution in [-0.4, -0.2) is 9.78 Å².